The number of hydrogen-bond acceptors (Lipinski definition) is 0. The lowest BCUT2D eigenvalue weighted by molar-refractivity contribution is 0.224. The van der Waals surface area contributed by atoms with Gasteiger partial charge in [0.05, 0.1) is 0 Å². The smallest absolute Gasteiger partial charge is 0 e. The molecule has 0 aromatic rings. The second-order valence-electron chi connectivity index (χ2n) is 3.62. The van der Waals surface area contributed by atoms with Gasteiger partial charge in [0.25, 0.3) is 0 Å². The summed E-state index contributed by atoms with van der Waals surface area (Å²) in [6.07, 6.45) is 8.84. The summed E-state index contributed by atoms with van der Waals surface area (Å²) in [7, 11) is 0. The van der Waals surface area contributed by atoms with Gasteiger partial charge in [-0.1, -0.05) is 52.4 Å². The largest absolute Gasteiger partial charge is 0.0651 e. The molecule has 0 nitrogen and oxygen atoms in total. The van der Waals surface area contributed by atoms with Gasteiger partial charge in [0.1, 0.15) is 0 Å². The molecular formula is C10H20B. The first-order chi connectivity index (χ1) is 4.88. The predicted octanol–water partition coefficient (Wildman–Crippen LogP) is 3.23. The molecule has 0 aliphatic heterocycles. The first kappa shape index (κ1) is 11.1. The zero-order valence-corrected chi connectivity index (χ0v) is 7.97. The van der Waals surface area contributed by atoms with Crippen LogP contribution in [0.1, 0.15) is 52.4 Å². The van der Waals surface area contributed by atoms with Gasteiger partial charge in [0.15, 0.2) is 0 Å². The van der Waals surface area contributed by atoms with Crippen LogP contribution in [0.15, 0.2) is 0 Å². The van der Waals surface area contributed by atoms with E-state index in [0.29, 0.717) is 0 Å². The summed E-state index contributed by atoms with van der Waals surface area (Å²) in [5.41, 5.74) is 0. The average Bonchev–Trinajstić information content (AvgIpc) is 2.04. The van der Waals surface area contributed by atoms with Crippen molar-refractivity contribution in [2.45, 2.75) is 52.4 Å². The Hall–Kier alpha value is 0.0649. The van der Waals surface area contributed by atoms with Crippen molar-refractivity contribution in [1.82, 2.24) is 0 Å². The molecule has 0 N–H and O–H groups in total. The van der Waals surface area contributed by atoms with Gasteiger partial charge in [-0.2, -0.15) is 0 Å². The van der Waals surface area contributed by atoms with E-state index >= 15 is 0 Å². The van der Waals surface area contributed by atoms with Crippen LogP contribution in [0.3, 0.4) is 0 Å². The lowest BCUT2D eigenvalue weighted by Crippen LogP contribution is -2.17. The van der Waals surface area contributed by atoms with Crippen molar-refractivity contribution in [3.05, 3.63) is 0 Å². The lowest BCUT2D eigenvalue weighted by atomic mass is 9.77. The predicted molar refractivity (Wildman–Crippen MR) is 51.8 cm³/mol. The van der Waals surface area contributed by atoms with Crippen LogP contribution in [-0.2, 0) is 0 Å². The number of rotatable bonds is 2. The molecule has 0 amide bonds. The van der Waals surface area contributed by atoms with Crippen molar-refractivity contribution in [3.63, 3.8) is 0 Å². The Balaban J connectivity index is 0.000001000. The highest BCUT2D eigenvalue weighted by molar-refractivity contribution is 5.75. The first-order valence-electron chi connectivity index (χ1n) is 4.88. The van der Waals surface area contributed by atoms with E-state index < -0.39 is 0 Å². The standard InChI is InChI=1S/C10H20.B/c1-3-9-7-5-6-8-10(9)4-2;/h9-10H,3-8H2,1-2H3;/t9-,10+;. The average molecular weight is 151 g/mol. The molecule has 11 heavy (non-hydrogen) atoms. The summed E-state index contributed by atoms with van der Waals surface area (Å²) in [4.78, 5) is 0. The molecule has 1 aliphatic rings. The second-order valence-corrected chi connectivity index (χ2v) is 3.62. The fraction of sp³-hybridized carbons (Fsp3) is 1.00. The third-order valence-electron chi connectivity index (χ3n) is 3.12. The van der Waals surface area contributed by atoms with Crippen molar-refractivity contribution in [2.75, 3.05) is 0 Å². The molecular weight excluding hydrogens is 131 g/mol. The van der Waals surface area contributed by atoms with Gasteiger partial charge in [0.2, 0.25) is 0 Å². The Kier molecular flexibility index (Phi) is 5.72. The normalized spacial score (nSPS) is 31.1. The minimum Gasteiger partial charge on any atom is -0.0651 e. The molecule has 1 rings (SSSR count). The second kappa shape index (κ2) is 5.68. The van der Waals surface area contributed by atoms with Crippen LogP contribution < -0.4 is 0 Å². The quantitative estimate of drug-likeness (QED) is 0.531. The molecule has 1 fully saturated rings. The van der Waals surface area contributed by atoms with E-state index in [-0.39, 0.29) is 8.41 Å². The molecule has 0 bridgehead atoms. The van der Waals surface area contributed by atoms with Crippen LogP contribution in [0.4, 0.5) is 0 Å². The van der Waals surface area contributed by atoms with E-state index in [4.69, 9.17) is 0 Å². The lowest BCUT2D eigenvalue weighted by Gasteiger charge is -2.29. The number of hydrogen-bond donors (Lipinski definition) is 0. The minimum atomic E-state index is 0. The highest BCUT2D eigenvalue weighted by atomic mass is 14.3. The summed E-state index contributed by atoms with van der Waals surface area (Å²) in [6, 6.07) is 0. The van der Waals surface area contributed by atoms with Gasteiger partial charge in [-0.3, -0.25) is 0 Å². The molecule has 1 saturated carbocycles. The zero-order valence-electron chi connectivity index (χ0n) is 7.97. The Morgan fingerprint density at radius 3 is 1.55 bits per heavy atom. The maximum atomic E-state index is 2.35. The molecule has 0 unspecified atom stereocenters. The molecule has 0 spiro atoms. The maximum absolute atomic E-state index is 2.35. The van der Waals surface area contributed by atoms with Crippen LogP contribution in [0.25, 0.3) is 0 Å². The summed E-state index contributed by atoms with van der Waals surface area (Å²) in [5, 5.41) is 0. The molecule has 0 heterocycles. The molecule has 2 atom stereocenters. The third-order valence-corrected chi connectivity index (χ3v) is 3.12. The van der Waals surface area contributed by atoms with Gasteiger partial charge in [0, 0.05) is 8.41 Å². The Morgan fingerprint density at radius 1 is 0.909 bits per heavy atom. The Labute approximate surface area is 73.3 Å². The van der Waals surface area contributed by atoms with Crippen molar-refractivity contribution >= 4 is 8.41 Å². The van der Waals surface area contributed by atoms with Gasteiger partial charge < -0.3 is 0 Å². The molecule has 1 aliphatic carbocycles. The van der Waals surface area contributed by atoms with Crippen LogP contribution in [-0.4, -0.2) is 8.41 Å². The van der Waals surface area contributed by atoms with Crippen molar-refractivity contribution < 1.29 is 0 Å². The van der Waals surface area contributed by atoms with Crippen LogP contribution in [0.2, 0.25) is 0 Å². The topological polar surface area (TPSA) is 0 Å². The molecule has 3 radical (unpaired) electrons. The van der Waals surface area contributed by atoms with Gasteiger partial charge >= 0.3 is 0 Å². The highest BCUT2D eigenvalue weighted by Gasteiger charge is 2.21. The minimum absolute atomic E-state index is 0. The van der Waals surface area contributed by atoms with Crippen LogP contribution in [0, 0.1) is 11.8 Å². The maximum Gasteiger partial charge on any atom is 0 e. The molecule has 0 aromatic heterocycles. The Bertz CT molecular complexity index is 78.9. The van der Waals surface area contributed by atoms with E-state index in [1.165, 1.54) is 38.5 Å². The van der Waals surface area contributed by atoms with Crippen molar-refractivity contribution in [2.24, 2.45) is 11.8 Å². The Morgan fingerprint density at radius 2 is 1.27 bits per heavy atom. The summed E-state index contributed by atoms with van der Waals surface area (Å²) >= 11 is 0. The zero-order chi connectivity index (χ0) is 7.40. The van der Waals surface area contributed by atoms with Gasteiger partial charge in [-0.25, -0.2) is 0 Å². The van der Waals surface area contributed by atoms with Crippen molar-refractivity contribution in [3.8, 4) is 0 Å². The first-order valence-corrected chi connectivity index (χ1v) is 4.88. The van der Waals surface area contributed by atoms with E-state index in [1.807, 2.05) is 0 Å². The van der Waals surface area contributed by atoms with Crippen LogP contribution in [0.5, 0.6) is 0 Å². The van der Waals surface area contributed by atoms with Crippen molar-refractivity contribution in [1.29, 1.82) is 0 Å². The van der Waals surface area contributed by atoms with E-state index in [1.54, 1.807) is 0 Å². The molecule has 63 valence electrons. The molecule has 0 aromatic carbocycles. The van der Waals surface area contributed by atoms with E-state index in [2.05, 4.69) is 13.8 Å². The summed E-state index contributed by atoms with van der Waals surface area (Å²) < 4.78 is 0. The monoisotopic (exact) mass is 151 g/mol. The fourth-order valence-corrected chi connectivity index (χ4v) is 2.36. The summed E-state index contributed by atoms with van der Waals surface area (Å²) in [6.45, 7) is 4.69. The highest BCUT2D eigenvalue weighted by Crippen LogP contribution is 2.33. The van der Waals surface area contributed by atoms with E-state index in [9.17, 15) is 0 Å². The van der Waals surface area contributed by atoms with Gasteiger partial charge in [-0.15, -0.1) is 0 Å². The fourth-order valence-electron chi connectivity index (χ4n) is 2.36. The van der Waals surface area contributed by atoms with Gasteiger partial charge in [-0.05, 0) is 11.8 Å². The molecule has 1 heteroatoms. The SMILES string of the molecule is CC[C@@H]1CCCC[C@@H]1CC.[B]. The molecule has 0 saturated heterocycles. The third kappa shape index (κ3) is 2.88. The van der Waals surface area contributed by atoms with Crippen LogP contribution >= 0.6 is 0 Å². The van der Waals surface area contributed by atoms with E-state index in [0.717, 1.165) is 11.8 Å². The summed E-state index contributed by atoms with van der Waals surface area (Å²) in [5.74, 6) is 2.14.